The molecule has 0 aromatic heterocycles. The van der Waals surface area contributed by atoms with Crippen LogP contribution in [0.25, 0.3) is 0 Å². The lowest BCUT2D eigenvalue weighted by Crippen LogP contribution is -2.67. The molecule has 5 aliphatic rings. The summed E-state index contributed by atoms with van der Waals surface area (Å²) >= 11 is 6.24. The van der Waals surface area contributed by atoms with Crippen LogP contribution in [0.5, 0.6) is 0 Å². The van der Waals surface area contributed by atoms with Crippen molar-refractivity contribution >= 4 is 28.9 Å². The summed E-state index contributed by atoms with van der Waals surface area (Å²) in [6.45, 7) is 7.68. The van der Waals surface area contributed by atoms with Gasteiger partial charge in [-0.2, -0.15) is 0 Å². The molecule has 3 saturated carbocycles. The van der Waals surface area contributed by atoms with E-state index in [0.29, 0.717) is 23.6 Å². The molecular weight excluding hydrogens is 509 g/mol. The van der Waals surface area contributed by atoms with E-state index < -0.39 is 46.5 Å². The number of hydrogen-bond acceptors (Lipinski definition) is 6. The Morgan fingerprint density at radius 1 is 1.26 bits per heavy atom. The maximum absolute atomic E-state index is 15.9. The molecule has 0 bridgehead atoms. The number of carbonyl (C=O) groups excluding carboxylic acids is 2. The Hall–Kier alpha value is -2.06. The highest BCUT2D eigenvalue weighted by molar-refractivity contribution is 6.31. The lowest BCUT2D eigenvalue weighted by molar-refractivity contribution is -0.216. The molecule has 9 atom stereocenters. The van der Waals surface area contributed by atoms with Gasteiger partial charge in [0, 0.05) is 27.7 Å². The highest BCUT2D eigenvalue weighted by Gasteiger charge is 2.79. The zero-order valence-electron chi connectivity index (χ0n) is 22.2. The number of anilines is 1. The van der Waals surface area contributed by atoms with Gasteiger partial charge >= 0.3 is 0 Å². The number of alkyl halides is 1. The van der Waals surface area contributed by atoms with Gasteiger partial charge < -0.3 is 10.2 Å². The summed E-state index contributed by atoms with van der Waals surface area (Å²) < 4.78 is 15.9. The second-order valence-electron chi connectivity index (χ2n) is 12.8. The number of hydroxylamine groups is 1. The van der Waals surface area contributed by atoms with E-state index in [1.54, 1.807) is 17.2 Å². The highest BCUT2D eigenvalue weighted by Crippen LogP contribution is 2.76. The van der Waals surface area contributed by atoms with E-state index in [4.69, 9.17) is 16.4 Å². The number of benzene rings is 1. The molecule has 1 aromatic rings. The van der Waals surface area contributed by atoms with Crippen LogP contribution in [0.4, 0.5) is 10.1 Å². The predicted octanol–water partition coefficient (Wildman–Crippen LogP) is 4.54. The lowest BCUT2D eigenvalue weighted by atomic mass is 9.41. The number of allylic oxidation sites excluding steroid dienone is 4. The van der Waals surface area contributed by atoms with Gasteiger partial charge in [0.1, 0.15) is 12.8 Å². The molecule has 2 N–H and O–H groups in total. The van der Waals surface area contributed by atoms with Crippen LogP contribution >= 0.6 is 11.6 Å². The predicted molar refractivity (Wildman–Crippen MR) is 141 cm³/mol. The number of carbonyl (C=O) groups is 2. The summed E-state index contributed by atoms with van der Waals surface area (Å²) in [5.41, 5.74) is -1.48. The first kappa shape index (κ1) is 26.2. The van der Waals surface area contributed by atoms with Crippen molar-refractivity contribution in [3.8, 4) is 0 Å². The Kier molecular flexibility index (Phi) is 5.67. The summed E-state index contributed by atoms with van der Waals surface area (Å²) in [4.78, 5) is 32.5. The Balaban J connectivity index is 1.45. The summed E-state index contributed by atoms with van der Waals surface area (Å²) in [5, 5.41) is 24.3. The monoisotopic (exact) mass is 543 g/mol. The van der Waals surface area contributed by atoms with E-state index in [1.165, 1.54) is 12.2 Å². The number of aliphatic hydroxyl groups excluding tert-OH is 2. The fraction of sp³-hybridized carbons (Fsp3) is 0.600. The van der Waals surface area contributed by atoms with E-state index in [2.05, 4.69) is 6.92 Å². The van der Waals surface area contributed by atoms with Crippen molar-refractivity contribution in [2.75, 3.05) is 18.2 Å². The van der Waals surface area contributed by atoms with Crippen LogP contribution in [0.3, 0.4) is 0 Å². The SMILES string of the molecule is Cc1cc(N2CC3CC4(C)C5CC(F)C6=CC(=O)C=CC6(C)C5C(O)CC4(C)C3(C(=O)CO)O2)ccc1Cl. The van der Waals surface area contributed by atoms with Crippen LogP contribution in [0.15, 0.2) is 42.0 Å². The molecule has 0 radical (unpaired) electrons. The zero-order valence-corrected chi connectivity index (χ0v) is 23.0. The van der Waals surface area contributed by atoms with Crippen molar-refractivity contribution in [3.63, 3.8) is 0 Å². The number of nitrogens with zero attached hydrogens (tertiary/aromatic N) is 1. The topological polar surface area (TPSA) is 87.1 Å². The molecule has 6 rings (SSSR count). The maximum atomic E-state index is 15.9. The Labute approximate surface area is 227 Å². The third-order valence-corrected chi connectivity index (χ3v) is 11.7. The van der Waals surface area contributed by atoms with E-state index in [-0.39, 0.29) is 36.4 Å². The van der Waals surface area contributed by atoms with Gasteiger partial charge in [-0.3, -0.25) is 19.5 Å². The first-order chi connectivity index (χ1) is 17.8. The van der Waals surface area contributed by atoms with E-state index >= 15 is 4.39 Å². The number of fused-ring (bicyclic) bond motifs is 7. The van der Waals surface area contributed by atoms with Gasteiger partial charge in [0.05, 0.1) is 18.3 Å². The van der Waals surface area contributed by atoms with Crippen molar-refractivity contribution in [1.29, 1.82) is 0 Å². The van der Waals surface area contributed by atoms with Gasteiger partial charge in [-0.15, -0.1) is 0 Å². The number of rotatable bonds is 3. The fourth-order valence-electron chi connectivity index (χ4n) is 9.35. The van der Waals surface area contributed by atoms with Crippen LogP contribution in [-0.2, 0) is 14.4 Å². The molecule has 38 heavy (non-hydrogen) atoms. The van der Waals surface area contributed by atoms with Gasteiger partial charge in [0.15, 0.2) is 17.2 Å². The maximum Gasteiger partial charge on any atom is 0.193 e. The Morgan fingerprint density at radius 2 is 2.00 bits per heavy atom. The van der Waals surface area contributed by atoms with Gasteiger partial charge in [-0.25, -0.2) is 4.39 Å². The number of halogens is 2. The number of ketones is 2. The first-order valence-electron chi connectivity index (χ1n) is 13.5. The molecule has 0 amide bonds. The summed E-state index contributed by atoms with van der Waals surface area (Å²) in [6.07, 6.45) is 3.52. The fourth-order valence-corrected chi connectivity index (χ4v) is 9.47. The quantitative estimate of drug-likeness (QED) is 0.582. The molecule has 1 heterocycles. The Bertz CT molecular complexity index is 1300. The standard InChI is InChI=1S/C30H35ClFNO5/c1-16-9-18(5-6-22(16)31)33-14-17-12-28(3)21-11-23(32)20-10-19(35)7-8-27(20,2)26(21)24(36)13-29(28,4)30(17,38-33)25(37)15-34/h5-10,17,21,23-24,26,34,36H,11-15H2,1-4H3. The van der Waals surface area contributed by atoms with Gasteiger partial charge in [-0.05, 0) is 79.0 Å². The number of hydrogen-bond donors (Lipinski definition) is 2. The molecule has 4 fully saturated rings. The average Bonchev–Trinajstić information content (AvgIpc) is 3.32. The van der Waals surface area contributed by atoms with Crippen LogP contribution in [0.2, 0.25) is 5.02 Å². The van der Waals surface area contributed by atoms with Gasteiger partial charge in [0.25, 0.3) is 0 Å². The van der Waals surface area contributed by atoms with Crippen molar-refractivity contribution < 1.29 is 29.0 Å². The second kappa shape index (κ2) is 8.23. The zero-order chi connectivity index (χ0) is 27.4. The minimum Gasteiger partial charge on any atom is -0.393 e. The van der Waals surface area contributed by atoms with Gasteiger partial charge in [-0.1, -0.05) is 38.4 Å². The smallest absolute Gasteiger partial charge is 0.193 e. The van der Waals surface area contributed by atoms with Crippen molar-refractivity contribution in [2.24, 2.45) is 34.0 Å². The third-order valence-electron chi connectivity index (χ3n) is 11.2. The van der Waals surface area contributed by atoms with Crippen LogP contribution in [0.1, 0.15) is 45.6 Å². The molecule has 204 valence electrons. The van der Waals surface area contributed by atoms with Crippen LogP contribution < -0.4 is 5.06 Å². The van der Waals surface area contributed by atoms with E-state index in [9.17, 15) is 19.8 Å². The Morgan fingerprint density at radius 3 is 2.68 bits per heavy atom. The number of Topliss-reactive ketones (excluding diaryl/α,β-unsaturated/α-hetero) is 1. The number of aliphatic hydroxyl groups is 2. The second-order valence-corrected chi connectivity index (χ2v) is 13.2. The van der Waals surface area contributed by atoms with Crippen molar-refractivity contribution in [3.05, 3.63) is 52.6 Å². The molecule has 0 spiro atoms. The molecule has 9 unspecified atom stereocenters. The first-order valence-corrected chi connectivity index (χ1v) is 13.8. The van der Waals surface area contributed by atoms with Crippen molar-refractivity contribution in [2.45, 2.75) is 64.8 Å². The summed E-state index contributed by atoms with van der Waals surface area (Å²) in [7, 11) is 0. The third kappa shape index (κ3) is 3.05. The molecule has 1 aliphatic heterocycles. The molecule has 1 aromatic carbocycles. The molecule has 8 heteroatoms. The molecular formula is C30H35ClFNO5. The van der Waals surface area contributed by atoms with E-state index in [1.807, 2.05) is 32.9 Å². The molecule has 6 nitrogen and oxygen atoms in total. The summed E-state index contributed by atoms with van der Waals surface area (Å²) in [5.74, 6) is -1.46. The molecule has 1 saturated heterocycles. The number of aryl methyl sites for hydroxylation is 1. The van der Waals surface area contributed by atoms with Crippen molar-refractivity contribution in [1.82, 2.24) is 0 Å². The summed E-state index contributed by atoms with van der Waals surface area (Å²) in [6, 6.07) is 5.55. The highest BCUT2D eigenvalue weighted by atomic mass is 35.5. The normalized spacial score (nSPS) is 45.3. The largest absolute Gasteiger partial charge is 0.393 e. The lowest BCUT2D eigenvalue weighted by Gasteiger charge is -2.64. The minimum absolute atomic E-state index is 0.173. The van der Waals surface area contributed by atoms with Crippen LogP contribution in [-0.4, -0.2) is 52.8 Å². The minimum atomic E-state index is -1.36. The average molecular weight is 544 g/mol. The van der Waals surface area contributed by atoms with Gasteiger partial charge in [0.2, 0.25) is 0 Å². The van der Waals surface area contributed by atoms with Crippen LogP contribution in [0, 0.1) is 40.9 Å². The molecule has 4 aliphatic carbocycles. The van der Waals surface area contributed by atoms with E-state index in [0.717, 1.165) is 11.3 Å².